The number of piperidine rings is 1. The van der Waals surface area contributed by atoms with Crippen molar-refractivity contribution in [1.29, 1.82) is 0 Å². The van der Waals surface area contributed by atoms with Gasteiger partial charge in [-0.25, -0.2) is 4.79 Å². The standard InChI is InChI=1S/C24H39N5O4/c1-16(2)7-10-24(22(31)29(23(32)25-24)14-13-27(5)6)19-8-11-28(12-9-19)21(30)15-20-17(3)26-33-18(20)4/h16,19H,7-15H2,1-6H3,(H,25,32)/t24-/m1/s1. The lowest BCUT2D eigenvalue weighted by atomic mass is 9.73. The van der Waals surface area contributed by atoms with Gasteiger partial charge in [-0.2, -0.15) is 0 Å². The molecule has 33 heavy (non-hydrogen) atoms. The molecule has 3 heterocycles. The SMILES string of the molecule is Cc1noc(C)c1CC(=O)N1CCC([C@@]2(CCC(C)C)NC(=O)N(CCN(C)C)C2=O)CC1. The summed E-state index contributed by atoms with van der Waals surface area (Å²) >= 11 is 0. The Morgan fingerprint density at radius 3 is 2.45 bits per heavy atom. The van der Waals surface area contributed by atoms with Gasteiger partial charge in [-0.15, -0.1) is 0 Å². The predicted octanol–water partition coefficient (Wildman–Crippen LogP) is 2.36. The third-order valence-corrected chi connectivity index (χ3v) is 7.14. The zero-order valence-corrected chi connectivity index (χ0v) is 20.9. The molecule has 0 bridgehead atoms. The molecule has 9 nitrogen and oxygen atoms in total. The van der Waals surface area contributed by atoms with E-state index in [9.17, 15) is 14.4 Å². The number of aromatic nitrogens is 1. The summed E-state index contributed by atoms with van der Waals surface area (Å²) in [5.41, 5.74) is 0.732. The van der Waals surface area contributed by atoms with Crippen LogP contribution >= 0.6 is 0 Å². The highest BCUT2D eigenvalue weighted by molar-refractivity contribution is 6.07. The minimum absolute atomic E-state index is 0.0140. The quantitative estimate of drug-likeness (QED) is 0.567. The van der Waals surface area contributed by atoms with E-state index in [1.807, 2.05) is 37.7 Å². The topological polar surface area (TPSA) is 99.0 Å². The number of aryl methyl sites for hydroxylation is 2. The van der Waals surface area contributed by atoms with Crippen LogP contribution in [0.4, 0.5) is 4.79 Å². The average molecular weight is 462 g/mol. The fourth-order valence-corrected chi connectivity index (χ4v) is 4.95. The van der Waals surface area contributed by atoms with Crippen molar-refractivity contribution in [2.45, 2.75) is 65.3 Å². The number of nitrogens with zero attached hydrogens (tertiary/aromatic N) is 4. The van der Waals surface area contributed by atoms with Crippen molar-refractivity contribution in [3.05, 3.63) is 17.0 Å². The zero-order valence-electron chi connectivity index (χ0n) is 20.9. The molecular weight excluding hydrogens is 422 g/mol. The average Bonchev–Trinajstić information content (AvgIpc) is 3.21. The Hall–Kier alpha value is -2.42. The molecule has 2 aliphatic rings. The summed E-state index contributed by atoms with van der Waals surface area (Å²) in [4.78, 5) is 44.5. The van der Waals surface area contributed by atoms with Gasteiger partial charge in [0, 0.05) is 31.7 Å². The van der Waals surface area contributed by atoms with Crippen LogP contribution in [0.3, 0.4) is 0 Å². The van der Waals surface area contributed by atoms with E-state index in [1.54, 1.807) is 0 Å². The van der Waals surface area contributed by atoms with E-state index in [0.717, 1.165) is 17.7 Å². The predicted molar refractivity (Wildman–Crippen MR) is 125 cm³/mol. The molecule has 2 aliphatic heterocycles. The molecule has 1 N–H and O–H groups in total. The van der Waals surface area contributed by atoms with Crippen LogP contribution in [0.25, 0.3) is 0 Å². The van der Waals surface area contributed by atoms with Gasteiger partial charge in [0.25, 0.3) is 5.91 Å². The normalized spacial score (nSPS) is 22.1. The summed E-state index contributed by atoms with van der Waals surface area (Å²) < 4.78 is 5.19. The molecule has 0 saturated carbocycles. The van der Waals surface area contributed by atoms with Gasteiger partial charge >= 0.3 is 6.03 Å². The molecule has 1 aromatic rings. The Morgan fingerprint density at radius 1 is 1.24 bits per heavy atom. The van der Waals surface area contributed by atoms with Gasteiger partial charge in [0.1, 0.15) is 11.3 Å². The first kappa shape index (κ1) is 25.2. The van der Waals surface area contributed by atoms with Crippen molar-refractivity contribution in [2.75, 3.05) is 40.3 Å². The van der Waals surface area contributed by atoms with E-state index in [0.29, 0.717) is 57.1 Å². The number of likely N-dealkylation sites (N-methyl/N-ethyl adjacent to an activating group) is 1. The van der Waals surface area contributed by atoms with Crippen molar-refractivity contribution >= 4 is 17.8 Å². The summed E-state index contributed by atoms with van der Waals surface area (Å²) in [6.45, 7) is 10.1. The van der Waals surface area contributed by atoms with Gasteiger partial charge < -0.3 is 19.6 Å². The molecule has 0 radical (unpaired) electrons. The summed E-state index contributed by atoms with van der Waals surface area (Å²) in [5, 5.41) is 7.05. The fourth-order valence-electron chi connectivity index (χ4n) is 4.95. The van der Waals surface area contributed by atoms with E-state index < -0.39 is 5.54 Å². The van der Waals surface area contributed by atoms with E-state index in [4.69, 9.17) is 4.52 Å². The number of carbonyl (C=O) groups is 3. The van der Waals surface area contributed by atoms with Gasteiger partial charge in [-0.05, 0) is 65.5 Å². The second kappa shape index (κ2) is 10.2. The molecule has 0 spiro atoms. The number of rotatable bonds is 9. The maximum absolute atomic E-state index is 13.6. The van der Waals surface area contributed by atoms with E-state index in [2.05, 4.69) is 24.3 Å². The first-order valence-electron chi connectivity index (χ1n) is 12.0. The summed E-state index contributed by atoms with van der Waals surface area (Å²) in [5.74, 6) is 1.07. The second-order valence-electron chi connectivity index (χ2n) is 10.2. The van der Waals surface area contributed by atoms with Crippen molar-refractivity contribution in [3.8, 4) is 0 Å². The maximum Gasteiger partial charge on any atom is 0.325 e. The number of hydrogen-bond acceptors (Lipinski definition) is 6. The lowest BCUT2D eigenvalue weighted by molar-refractivity contribution is -0.136. The zero-order chi connectivity index (χ0) is 24.3. The van der Waals surface area contributed by atoms with Crippen LogP contribution in [0.15, 0.2) is 4.52 Å². The summed E-state index contributed by atoms with van der Waals surface area (Å²) in [6.07, 6.45) is 3.15. The Labute approximate surface area is 196 Å². The van der Waals surface area contributed by atoms with Crippen LogP contribution in [0.5, 0.6) is 0 Å². The Morgan fingerprint density at radius 2 is 1.91 bits per heavy atom. The maximum atomic E-state index is 13.6. The lowest BCUT2D eigenvalue weighted by Crippen LogP contribution is -2.57. The van der Waals surface area contributed by atoms with E-state index >= 15 is 0 Å². The van der Waals surface area contributed by atoms with Gasteiger partial charge in [0.05, 0.1) is 12.1 Å². The summed E-state index contributed by atoms with van der Waals surface area (Å²) in [7, 11) is 3.86. The first-order chi connectivity index (χ1) is 15.5. The Balaban J connectivity index is 1.70. The van der Waals surface area contributed by atoms with Crippen LogP contribution in [-0.4, -0.2) is 83.5 Å². The second-order valence-corrected chi connectivity index (χ2v) is 10.2. The van der Waals surface area contributed by atoms with Crippen molar-refractivity contribution < 1.29 is 18.9 Å². The van der Waals surface area contributed by atoms with Crippen molar-refractivity contribution in [2.24, 2.45) is 11.8 Å². The number of likely N-dealkylation sites (tertiary alicyclic amines) is 1. The molecule has 4 amide bonds. The highest BCUT2D eigenvalue weighted by Gasteiger charge is 2.55. The summed E-state index contributed by atoms with van der Waals surface area (Å²) in [6, 6.07) is -0.289. The molecular formula is C24H39N5O4. The highest BCUT2D eigenvalue weighted by atomic mass is 16.5. The van der Waals surface area contributed by atoms with Gasteiger partial charge in [0.2, 0.25) is 5.91 Å². The molecule has 0 aliphatic carbocycles. The first-order valence-corrected chi connectivity index (χ1v) is 12.0. The number of carbonyl (C=O) groups excluding carboxylic acids is 3. The molecule has 2 saturated heterocycles. The van der Waals surface area contributed by atoms with Crippen LogP contribution in [0.1, 0.15) is 56.5 Å². The molecule has 184 valence electrons. The minimum Gasteiger partial charge on any atom is -0.361 e. The van der Waals surface area contributed by atoms with Crippen LogP contribution in [0.2, 0.25) is 0 Å². The molecule has 1 aromatic heterocycles. The third-order valence-electron chi connectivity index (χ3n) is 7.14. The molecule has 0 aromatic carbocycles. The van der Waals surface area contributed by atoms with E-state index in [1.165, 1.54) is 4.90 Å². The number of urea groups is 1. The van der Waals surface area contributed by atoms with Crippen molar-refractivity contribution in [3.63, 3.8) is 0 Å². The molecule has 1 atom stereocenters. The molecule has 9 heteroatoms. The number of nitrogens with one attached hydrogen (secondary N) is 1. The fraction of sp³-hybridized carbons (Fsp3) is 0.750. The Bertz CT molecular complexity index is 853. The van der Waals surface area contributed by atoms with E-state index in [-0.39, 0.29) is 30.2 Å². The Kier molecular flexibility index (Phi) is 7.82. The minimum atomic E-state index is -0.871. The van der Waals surface area contributed by atoms with Crippen LogP contribution in [-0.2, 0) is 16.0 Å². The third kappa shape index (κ3) is 5.39. The number of hydrogen-bond donors (Lipinski definition) is 1. The van der Waals surface area contributed by atoms with Crippen molar-refractivity contribution in [1.82, 2.24) is 25.2 Å². The highest BCUT2D eigenvalue weighted by Crippen LogP contribution is 2.38. The molecule has 3 rings (SSSR count). The van der Waals surface area contributed by atoms with Gasteiger partial charge in [-0.3, -0.25) is 14.5 Å². The lowest BCUT2D eigenvalue weighted by Gasteiger charge is -2.41. The number of imide groups is 1. The van der Waals surface area contributed by atoms with Gasteiger partial charge in [0.15, 0.2) is 0 Å². The smallest absolute Gasteiger partial charge is 0.325 e. The molecule has 0 unspecified atom stereocenters. The monoisotopic (exact) mass is 461 g/mol. The van der Waals surface area contributed by atoms with Crippen LogP contribution in [0, 0.1) is 25.7 Å². The largest absolute Gasteiger partial charge is 0.361 e. The number of amides is 4. The van der Waals surface area contributed by atoms with Gasteiger partial charge in [-0.1, -0.05) is 19.0 Å². The van der Waals surface area contributed by atoms with Crippen LogP contribution < -0.4 is 5.32 Å². The molecule has 2 fully saturated rings.